The fraction of sp³-hybridized carbons (Fsp3) is 0.200. The first-order valence-electron chi connectivity index (χ1n) is 7.98. The minimum absolute atomic E-state index is 0.197. The molecular weight excluding hydrogens is 320 g/mol. The zero-order chi connectivity index (χ0) is 17.8. The van der Waals surface area contributed by atoms with Gasteiger partial charge in [-0.3, -0.25) is 0 Å². The zero-order valence-electron chi connectivity index (χ0n) is 14.1. The molecule has 128 valence electrons. The number of rotatable bonds is 5. The van der Waals surface area contributed by atoms with E-state index >= 15 is 0 Å². The molecule has 0 atom stereocenters. The van der Waals surface area contributed by atoms with Crippen LogP contribution >= 0.6 is 0 Å². The van der Waals surface area contributed by atoms with Crippen molar-refractivity contribution in [3.63, 3.8) is 0 Å². The third-order valence-electron chi connectivity index (χ3n) is 3.96. The van der Waals surface area contributed by atoms with Crippen LogP contribution in [0.4, 0.5) is 0 Å². The molecule has 0 unspecified atom stereocenters. The van der Waals surface area contributed by atoms with Crippen molar-refractivity contribution in [1.29, 1.82) is 0 Å². The van der Waals surface area contributed by atoms with Gasteiger partial charge in [0.1, 0.15) is 11.3 Å². The van der Waals surface area contributed by atoms with Crippen LogP contribution in [0.15, 0.2) is 57.7 Å². The summed E-state index contributed by atoms with van der Waals surface area (Å²) in [6.45, 7) is 1.80. The van der Waals surface area contributed by atoms with E-state index in [2.05, 4.69) is 4.74 Å². The fourth-order valence-electron chi connectivity index (χ4n) is 2.70. The molecule has 0 N–H and O–H groups in total. The van der Waals surface area contributed by atoms with Gasteiger partial charge in [-0.05, 0) is 29.2 Å². The van der Waals surface area contributed by atoms with Gasteiger partial charge in [0.05, 0.1) is 7.11 Å². The van der Waals surface area contributed by atoms with Gasteiger partial charge < -0.3 is 13.9 Å². The summed E-state index contributed by atoms with van der Waals surface area (Å²) in [6.07, 6.45) is 0.708. The smallest absolute Gasteiger partial charge is 0.343 e. The summed E-state index contributed by atoms with van der Waals surface area (Å²) in [7, 11) is 1.30. The molecule has 0 aliphatic rings. The highest BCUT2D eigenvalue weighted by Crippen LogP contribution is 2.32. The monoisotopic (exact) mass is 338 g/mol. The zero-order valence-corrected chi connectivity index (χ0v) is 14.1. The van der Waals surface area contributed by atoms with Crippen molar-refractivity contribution >= 4 is 16.9 Å². The normalized spacial score (nSPS) is 10.6. The number of carbonyl (C=O) groups is 1. The predicted molar refractivity (Wildman–Crippen MR) is 94.8 cm³/mol. The third-order valence-corrected chi connectivity index (χ3v) is 3.96. The number of fused-ring (bicyclic) bond motifs is 1. The average Bonchev–Trinajstić information content (AvgIpc) is 2.65. The number of hydrogen-bond acceptors (Lipinski definition) is 5. The minimum Gasteiger partial charge on any atom is -0.481 e. The Morgan fingerprint density at radius 2 is 1.88 bits per heavy atom. The summed E-state index contributed by atoms with van der Waals surface area (Å²) in [6, 6.07) is 14.7. The molecule has 0 saturated carbocycles. The molecular formula is C20H18O5. The van der Waals surface area contributed by atoms with Crippen LogP contribution in [0, 0.1) is 0 Å². The van der Waals surface area contributed by atoms with Gasteiger partial charge in [-0.25, -0.2) is 9.59 Å². The van der Waals surface area contributed by atoms with Crippen molar-refractivity contribution in [2.24, 2.45) is 0 Å². The second-order valence-electron chi connectivity index (χ2n) is 5.52. The van der Waals surface area contributed by atoms with E-state index in [0.717, 1.165) is 22.1 Å². The van der Waals surface area contributed by atoms with Gasteiger partial charge in [0.15, 0.2) is 6.61 Å². The van der Waals surface area contributed by atoms with Crippen LogP contribution in [0.5, 0.6) is 5.75 Å². The first-order valence-corrected chi connectivity index (χ1v) is 7.98. The van der Waals surface area contributed by atoms with Gasteiger partial charge in [0.25, 0.3) is 0 Å². The molecule has 5 nitrogen and oxygen atoms in total. The number of ether oxygens (including phenoxy) is 2. The Kier molecular flexibility index (Phi) is 4.84. The summed E-state index contributed by atoms with van der Waals surface area (Å²) >= 11 is 0. The maximum atomic E-state index is 12.0. The Morgan fingerprint density at radius 1 is 1.12 bits per heavy atom. The van der Waals surface area contributed by atoms with Crippen LogP contribution in [0.3, 0.4) is 0 Å². The largest absolute Gasteiger partial charge is 0.481 e. The van der Waals surface area contributed by atoms with E-state index in [1.807, 2.05) is 43.3 Å². The van der Waals surface area contributed by atoms with Crippen LogP contribution in [0.25, 0.3) is 22.1 Å². The van der Waals surface area contributed by atoms with E-state index in [0.29, 0.717) is 17.8 Å². The summed E-state index contributed by atoms with van der Waals surface area (Å²) < 4.78 is 15.5. The summed E-state index contributed by atoms with van der Waals surface area (Å²) in [5, 5.41) is 0.827. The maximum Gasteiger partial charge on any atom is 0.343 e. The van der Waals surface area contributed by atoms with Crippen LogP contribution in [0.1, 0.15) is 12.5 Å². The maximum absolute atomic E-state index is 12.0. The van der Waals surface area contributed by atoms with E-state index in [-0.39, 0.29) is 6.61 Å². The molecule has 5 heteroatoms. The molecule has 3 rings (SSSR count). The Balaban J connectivity index is 2.15. The lowest BCUT2D eigenvalue weighted by Gasteiger charge is -2.12. The molecule has 0 aliphatic carbocycles. The number of aryl methyl sites for hydroxylation is 1. The van der Waals surface area contributed by atoms with Crippen LogP contribution in [0.2, 0.25) is 0 Å². The first kappa shape index (κ1) is 16.8. The first-order chi connectivity index (χ1) is 12.1. The third kappa shape index (κ3) is 3.55. The quantitative estimate of drug-likeness (QED) is 0.525. The highest BCUT2D eigenvalue weighted by atomic mass is 16.6. The second-order valence-corrected chi connectivity index (χ2v) is 5.52. The van der Waals surface area contributed by atoms with Crippen molar-refractivity contribution in [2.45, 2.75) is 13.3 Å². The summed E-state index contributed by atoms with van der Waals surface area (Å²) in [5.41, 5.74) is 2.65. The molecule has 0 radical (unpaired) electrons. The van der Waals surface area contributed by atoms with Crippen LogP contribution < -0.4 is 10.4 Å². The lowest BCUT2D eigenvalue weighted by molar-refractivity contribution is -0.142. The average molecular weight is 338 g/mol. The van der Waals surface area contributed by atoms with Gasteiger partial charge in [-0.15, -0.1) is 0 Å². The lowest BCUT2D eigenvalue weighted by Crippen LogP contribution is -2.13. The van der Waals surface area contributed by atoms with E-state index < -0.39 is 11.6 Å². The molecule has 0 aliphatic heterocycles. The standard InChI is InChI=1S/C20H18O5/c1-3-13-9-16-15(14-7-5-4-6-8-14)10-19(21)25-18(16)11-17(13)24-12-20(22)23-2/h4-11H,3,12H2,1-2H3. The highest BCUT2D eigenvalue weighted by Gasteiger charge is 2.13. The van der Waals surface area contributed by atoms with E-state index in [4.69, 9.17) is 9.15 Å². The molecule has 0 fully saturated rings. The number of hydrogen-bond donors (Lipinski definition) is 0. The van der Waals surface area contributed by atoms with Gasteiger partial charge in [0.2, 0.25) is 0 Å². The van der Waals surface area contributed by atoms with Gasteiger partial charge >= 0.3 is 11.6 Å². The summed E-state index contributed by atoms with van der Waals surface area (Å²) in [4.78, 5) is 23.3. The van der Waals surface area contributed by atoms with Crippen molar-refractivity contribution < 1.29 is 18.7 Å². The van der Waals surface area contributed by atoms with Crippen LogP contribution in [-0.2, 0) is 16.0 Å². The van der Waals surface area contributed by atoms with E-state index in [9.17, 15) is 9.59 Å². The lowest BCUT2D eigenvalue weighted by atomic mass is 9.99. The molecule has 3 aromatic rings. The second kappa shape index (κ2) is 7.21. The molecule has 0 bridgehead atoms. The predicted octanol–water partition coefficient (Wildman–Crippen LogP) is 3.57. The molecule has 0 spiro atoms. The SMILES string of the molecule is CCc1cc2c(-c3ccccc3)cc(=O)oc2cc1OCC(=O)OC. The summed E-state index contributed by atoms with van der Waals surface area (Å²) in [5.74, 6) is 0.0374. The fourth-order valence-corrected chi connectivity index (χ4v) is 2.70. The number of methoxy groups -OCH3 is 1. The van der Waals surface area contributed by atoms with Crippen molar-refractivity contribution in [3.05, 3.63) is 64.5 Å². The molecule has 0 amide bonds. The van der Waals surface area contributed by atoms with E-state index in [1.54, 1.807) is 6.07 Å². The Bertz CT molecular complexity index is 957. The highest BCUT2D eigenvalue weighted by molar-refractivity contribution is 5.94. The van der Waals surface area contributed by atoms with Gasteiger partial charge in [0, 0.05) is 17.5 Å². The van der Waals surface area contributed by atoms with E-state index in [1.165, 1.54) is 13.2 Å². The topological polar surface area (TPSA) is 65.7 Å². The van der Waals surface area contributed by atoms with Crippen LogP contribution in [-0.4, -0.2) is 19.7 Å². The van der Waals surface area contributed by atoms with Crippen molar-refractivity contribution in [2.75, 3.05) is 13.7 Å². The molecule has 2 aromatic carbocycles. The molecule has 0 saturated heterocycles. The van der Waals surface area contributed by atoms with Gasteiger partial charge in [-0.2, -0.15) is 0 Å². The Hall–Kier alpha value is -3.08. The molecule has 25 heavy (non-hydrogen) atoms. The molecule has 1 aromatic heterocycles. The number of benzene rings is 2. The van der Waals surface area contributed by atoms with Crippen molar-refractivity contribution in [3.8, 4) is 16.9 Å². The van der Waals surface area contributed by atoms with Gasteiger partial charge in [-0.1, -0.05) is 37.3 Å². The Morgan fingerprint density at radius 3 is 2.56 bits per heavy atom. The van der Waals surface area contributed by atoms with Crippen molar-refractivity contribution in [1.82, 2.24) is 0 Å². The minimum atomic E-state index is -0.471. The number of esters is 1. The molecule has 1 heterocycles. The number of carbonyl (C=O) groups excluding carboxylic acids is 1. The Labute approximate surface area is 144 Å².